The molecule has 0 aliphatic carbocycles. The van der Waals surface area contributed by atoms with Gasteiger partial charge in [0.1, 0.15) is 6.54 Å². The molecule has 1 rings (SSSR count). The predicted octanol–water partition coefficient (Wildman–Crippen LogP) is 2.29. The molecule has 116 valence electrons. The molecule has 0 spiro atoms. The monoisotopic (exact) mass is 281 g/mol. The third kappa shape index (κ3) is 11.0. The first-order valence-electron chi connectivity index (χ1n) is 8.37. The second-order valence-corrected chi connectivity index (χ2v) is 5.65. The van der Waals surface area contributed by atoms with Gasteiger partial charge in [0.15, 0.2) is 12.4 Å². The zero-order valence-electron chi connectivity index (χ0n) is 13.2. The van der Waals surface area contributed by atoms with Crippen LogP contribution >= 0.6 is 0 Å². The van der Waals surface area contributed by atoms with E-state index in [2.05, 4.69) is 42.1 Å². The molecule has 20 heavy (non-hydrogen) atoms. The van der Waals surface area contributed by atoms with Gasteiger partial charge in [0.05, 0.1) is 0 Å². The van der Waals surface area contributed by atoms with Crippen LogP contribution in [0.1, 0.15) is 77.6 Å². The summed E-state index contributed by atoms with van der Waals surface area (Å²) in [5.41, 5.74) is 0. The van der Waals surface area contributed by atoms with Crippen molar-refractivity contribution in [1.82, 2.24) is 0 Å². The van der Waals surface area contributed by atoms with Gasteiger partial charge in [-0.3, -0.25) is 0 Å². The summed E-state index contributed by atoms with van der Waals surface area (Å²) in [4.78, 5) is 0. The molecule has 0 saturated carbocycles. The highest BCUT2D eigenvalue weighted by molar-refractivity contribution is 4.83. The van der Waals surface area contributed by atoms with E-state index in [1.165, 1.54) is 77.2 Å². The standard InChI is InChI=1S/C18H32N.FH/c1-2-3-4-5-6-7-8-9-10-11-13-16-19-17-14-12-15-18-19;/h12,14-15,17-18H,2-11,13,16H2,1H3;1H/q+1;/p-1. The van der Waals surface area contributed by atoms with Crippen LogP contribution in [0.15, 0.2) is 30.6 Å². The van der Waals surface area contributed by atoms with Gasteiger partial charge in [-0.1, -0.05) is 70.8 Å². The maximum absolute atomic E-state index is 2.29. The van der Waals surface area contributed by atoms with E-state index < -0.39 is 0 Å². The van der Waals surface area contributed by atoms with Crippen LogP contribution in [0.5, 0.6) is 0 Å². The smallest absolute Gasteiger partial charge is 0.168 e. The lowest BCUT2D eigenvalue weighted by Crippen LogP contribution is -3.00. The molecule has 1 nitrogen and oxygen atoms in total. The van der Waals surface area contributed by atoms with Crippen molar-refractivity contribution in [2.24, 2.45) is 0 Å². The van der Waals surface area contributed by atoms with Crippen LogP contribution < -0.4 is 9.27 Å². The van der Waals surface area contributed by atoms with Gasteiger partial charge in [0.25, 0.3) is 0 Å². The molecular formula is C18H32FN. The lowest BCUT2D eigenvalue weighted by molar-refractivity contribution is -0.697. The molecule has 2 heteroatoms. The second kappa shape index (κ2) is 14.5. The van der Waals surface area contributed by atoms with E-state index in [1.54, 1.807) is 0 Å². The SMILES string of the molecule is CCCCCCCCCCCCC[n+]1ccccc1.[F-]. The van der Waals surface area contributed by atoms with Crippen LogP contribution in [0.4, 0.5) is 0 Å². The van der Waals surface area contributed by atoms with Crippen LogP contribution in [0.25, 0.3) is 0 Å². The Morgan fingerprint density at radius 1 is 0.600 bits per heavy atom. The molecule has 0 unspecified atom stereocenters. The Balaban J connectivity index is 0.00000361. The molecule has 0 saturated heterocycles. The van der Waals surface area contributed by atoms with Crippen molar-refractivity contribution in [2.75, 3.05) is 0 Å². The zero-order valence-corrected chi connectivity index (χ0v) is 13.2. The Morgan fingerprint density at radius 2 is 1.05 bits per heavy atom. The zero-order chi connectivity index (χ0) is 13.6. The van der Waals surface area contributed by atoms with E-state index in [0.717, 1.165) is 0 Å². The summed E-state index contributed by atoms with van der Waals surface area (Å²) in [6, 6.07) is 6.30. The summed E-state index contributed by atoms with van der Waals surface area (Å²) in [6.07, 6.45) is 20.0. The molecule has 1 aromatic heterocycles. The Bertz CT molecular complexity index is 287. The molecule has 0 fully saturated rings. The third-order valence-electron chi connectivity index (χ3n) is 3.80. The number of hydrogen-bond donors (Lipinski definition) is 0. The molecule has 0 N–H and O–H groups in total. The maximum atomic E-state index is 2.29. The first kappa shape index (κ1) is 19.1. The van der Waals surface area contributed by atoms with Gasteiger partial charge in [-0.25, -0.2) is 4.57 Å². The minimum atomic E-state index is 0. The van der Waals surface area contributed by atoms with Crippen LogP contribution in [0.2, 0.25) is 0 Å². The largest absolute Gasteiger partial charge is 1.00 e. The van der Waals surface area contributed by atoms with Gasteiger partial charge in [0, 0.05) is 18.6 Å². The summed E-state index contributed by atoms with van der Waals surface area (Å²) in [5, 5.41) is 0. The summed E-state index contributed by atoms with van der Waals surface area (Å²) in [6.45, 7) is 3.46. The molecule has 0 radical (unpaired) electrons. The molecule has 0 atom stereocenters. The molecule has 0 amide bonds. The summed E-state index contributed by atoms with van der Waals surface area (Å²) in [7, 11) is 0. The van der Waals surface area contributed by atoms with Crippen LogP contribution in [0.3, 0.4) is 0 Å². The van der Waals surface area contributed by atoms with Crippen molar-refractivity contribution >= 4 is 0 Å². The van der Waals surface area contributed by atoms with Crippen LogP contribution in [-0.2, 0) is 6.54 Å². The lowest BCUT2D eigenvalue weighted by atomic mass is 10.1. The molecule has 0 aromatic carbocycles. The molecule has 0 bridgehead atoms. The first-order valence-corrected chi connectivity index (χ1v) is 8.37. The Labute approximate surface area is 124 Å². The molecule has 0 aliphatic rings. The molecule has 1 aromatic rings. The molecule has 1 heterocycles. The fourth-order valence-corrected chi connectivity index (χ4v) is 2.54. The Hall–Kier alpha value is -0.920. The van der Waals surface area contributed by atoms with Gasteiger partial charge < -0.3 is 4.70 Å². The van der Waals surface area contributed by atoms with Crippen molar-refractivity contribution in [3.63, 3.8) is 0 Å². The van der Waals surface area contributed by atoms with Crippen LogP contribution in [-0.4, -0.2) is 0 Å². The molecular weight excluding hydrogens is 249 g/mol. The summed E-state index contributed by atoms with van der Waals surface area (Å²) in [5.74, 6) is 0. The number of pyridine rings is 1. The van der Waals surface area contributed by atoms with Gasteiger partial charge >= 0.3 is 0 Å². The van der Waals surface area contributed by atoms with E-state index >= 15 is 0 Å². The minimum Gasteiger partial charge on any atom is -1.00 e. The number of halogens is 1. The van der Waals surface area contributed by atoms with Crippen molar-refractivity contribution < 1.29 is 9.27 Å². The van der Waals surface area contributed by atoms with Gasteiger partial charge in [-0.05, 0) is 6.42 Å². The Kier molecular flexibility index (Phi) is 13.8. The van der Waals surface area contributed by atoms with Gasteiger partial charge in [-0.2, -0.15) is 0 Å². The number of rotatable bonds is 12. The summed E-state index contributed by atoms with van der Waals surface area (Å²) < 4.78 is 2.29. The number of aromatic nitrogens is 1. The highest BCUT2D eigenvalue weighted by atomic mass is 19.0. The van der Waals surface area contributed by atoms with E-state index in [9.17, 15) is 0 Å². The van der Waals surface area contributed by atoms with Gasteiger partial charge in [0.2, 0.25) is 0 Å². The van der Waals surface area contributed by atoms with Crippen molar-refractivity contribution in [2.45, 2.75) is 84.1 Å². The topological polar surface area (TPSA) is 3.88 Å². The Morgan fingerprint density at radius 3 is 1.55 bits per heavy atom. The maximum Gasteiger partial charge on any atom is 0.168 e. The van der Waals surface area contributed by atoms with Crippen LogP contribution in [0, 0.1) is 0 Å². The fraction of sp³-hybridized carbons (Fsp3) is 0.722. The lowest BCUT2D eigenvalue weighted by Gasteiger charge is -2.01. The number of nitrogens with zero attached hydrogens (tertiary/aromatic N) is 1. The van der Waals surface area contributed by atoms with E-state index in [-0.39, 0.29) is 4.70 Å². The highest BCUT2D eigenvalue weighted by Crippen LogP contribution is 2.11. The van der Waals surface area contributed by atoms with Crippen molar-refractivity contribution in [1.29, 1.82) is 0 Å². The summed E-state index contributed by atoms with van der Waals surface area (Å²) >= 11 is 0. The minimum absolute atomic E-state index is 0. The second-order valence-electron chi connectivity index (χ2n) is 5.65. The fourth-order valence-electron chi connectivity index (χ4n) is 2.54. The highest BCUT2D eigenvalue weighted by Gasteiger charge is 1.97. The number of aryl methyl sites for hydroxylation is 1. The average molecular weight is 281 g/mol. The van der Waals surface area contributed by atoms with Crippen molar-refractivity contribution in [3.05, 3.63) is 30.6 Å². The van der Waals surface area contributed by atoms with Gasteiger partial charge in [-0.15, -0.1) is 0 Å². The van der Waals surface area contributed by atoms with Crippen molar-refractivity contribution in [3.8, 4) is 0 Å². The number of unbranched alkanes of at least 4 members (excludes halogenated alkanes) is 10. The number of hydrogen-bond acceptors (Lipinski definition) is 0. The predicted molar refractivity (Wildman–Crippen MR) is 83.1 cm³/mol. The van der Waals surface area contributed by atoms with E-state index in [0.29, 0.717) is 0 Å². The first-order chi connectivity index (χ1) is 9.43. The normalized spacial score (nSPS) is 10.2. The average Bonchev–Trinajstić information content (AvgIpc) is 2.46. The molecule has 0 aliphatic heterocycles. The third-order valence-corrected chi connectivity index (χ3v) is 3.80. The quantitative estimate of drug-likeness (QED) is 0.409. The van der Waals surface area contributed by atoms with E-state index in [1.807, 2.05) is 0 Å². The van der Waals surface area contributed by atoms with E-state index in [4.69, 9.17) is 0 Å².